The number of thioether (sulfide) groups is 1. The van der Waals surface area contributed by atoms with Gasteiger partial charge in [0.2, 0.25) is 11.8 Å². The van der Waals surface area contributed by atoms with Crippen LogP contribution in [-0.4, -0.2) is 17.1 Å². The van der Waals surface area contributed by atoms with Crippen LogP contribution in [0, 0.1) is 6.92 Å². The van der Waals surface area contributed by atoms with Gasteiger partial charge in [-0.1, -0.05) is 41.4 Å². The summed E-state index contributed by atoms with van der Waals surface area (Å²) in [4.78, 5) is 25.2. The molecule has 1 atom stereocenters. The van der Waals surface area contributed by atoms with E-state index in [1.165, 1.54) is 11.8 Å². The van der Waals surface area contributed by atoms with Gasteiger partial charge in [0, 0.05) is 22.9 Å². The SMILES string of the molecule is Cc1cccc(CNC(=O)CC2Sc3ccc(Cl)cc3NC2=O)c1. The molecule has 0 bridgehead atoms. The molecule has 2 N–H and O–H groups in total. The number of rotatable bonds is 4. The summed E-state index contributed by atoms with van der Waals surface area (Å²) in [7, 11) is 0. The van der Waals surface area contributed by atoms with Crippen molar-refractivity contribution in [3.63, 3.8) is 0 Å². The Labute approximate surface area is 150 Å². The molecular formula is C18H17ClN2O2S. The summed E-state index contributed by atoms with van der Waals surface area (Å²) in [6, 6.07) is 13.3. The van der Waals surface area contributed by atoms with E-state index in [0.29, 0.717) is 17.3 Å². The maximum Gasteiger partial charge on any atom is 0.238 e. The number of hydrogen-bond acceptors (Lipinski definition) is 3. The van der Waals surface area contributed by atoms with Crippen molar-refractivity contribution in [2.24, 2.45) is 0 Å². The zero-order valence-corrected chi connectivity index (χ0v) is 14.7. The van der Waals surface area contributed by atoms with E-state index >= 15 is 0 Å². The number of carbonyl (C=O) groups excluding carboxylic acids is 2. The van der Waals surface area contributed by atoms with Crippen molar-refractivity contribution in [3.8, 4) is 0 Å². The molecule has 0 fully saturated rings. The van der Waals surface area contributed by atoms with E-state index in [-0.39, 0.29) is 18.2 Å². The molecule has 1 aliphatic rings. The molecular weight excluding hydrogens is 344 g/mol. The fourth-order valence-electron chi connectivity index (χ4n) is 2.52. The van der Waals surface area contributed by atoms with Crippen molar-refractivity contribution in [1.29, 1.82) is 0 Å². The van der Waals surface area contributed by atoms with Crippen LogP contribution in [0.15, 0.2) is 47.4 Å². The number of fused-ring (bicyclic) bond motifs is 1. The standard InChI is InChI=1S/C18H17ClN2O2S/c1-11-3-2-4-12(7-11)10-20-17(22)9-16-18(23)21-14-8-13(19)5-6-15(14)24-16/h2-8,16H,9-10H2,1H3,(H,20,22)(H,21,23). The summed E-state index contributed by atoms with van der Waals surface area (Å²) in [5.41, 5.74) is 2.90. The fraction of sp³-hybridized carbons (Fsp3) is 0.222. The number of aryl methyl sites for hydroxylation is 1. The lowest BCUT2D eigenvalue weighted by atomic mass is 10.1. The predicted molar refractivity (Wildman–Crippen MR) is 97.4 cm³/mol. The minimum Gasteiger partial charge on any atom is -0.352 e. The van der Waals surface area contributed by atoms with E-state index in [2.05, 4.69) is 10.6 Å². The largest absolute Gasteiger partial charge is 0.352 e. The van der Waals surface area contributed by atoms with E-state index < -0.39 is 5.25 Å². The first-order valence-electron chi connectivity index (χ1n) is 7.60. The Morgan fingerprint density at radius 1 is 1.29 bits per heavy atom. The number of nitrogens with one attached hydrogen (secondary N) is 2. The Hall–Kier alpha value is -1.98. The van der Waals surface area contributed by atoms with Gasteiger partial charge in [-0.25, -0.2) is 0 Å². The summed E-state index contributed by atoms with van der Waals surface area (Å²) in [5, 5.41) is 5.83. The molecule has 2 aromatic carbocycles. The third-order valence-electron chi connectivity index (χ3n) is 3.70. The van der Waals surface area contributed by atoms with Crippen LogP contribution >= 0.6 is 23.4 Å². The zero-order chi connectivity index (χ0) is 17.1. The van der Waals surface area contributed by atoms with E-state index in [9.17, 15) is 9.59 Å². The van der Waals surface area contributed by atoms with Crippen LogP contribution in [0.2, 0.25) is 5.02 Å². The maximum absolute atomic E-state index is 12.2. The highest BCUT2D eigenvalue weighted by Crippen LogP contribution is 2.38. The number of anilines is 1. The Bertz CT molecular complexity index is 794. The first-order valence-corrected chi connectivity index (χ1v) is 8.86. The third kappa shape index (κ3) is 4.10. The fourth-order valence-corrected chi connectivity index (χ4v) is 3.78. The maximum atomic E-state index is 12.2. The second-order valence-electron chi connectivity index (χ2n) is 5.71. The van der Waals surface area contributed by atoms with E-state index in [0.717, 1.165) is 16.0 Å². The second kappa shape index (κ2) is 7.28. The molecule has 3 rings (SSSR count). The van der Waals surface area contributed by atoms with Gasteiger partial charge < -0.3 is 10.6 Å². The zero-order valence-electron chi connectivity index (χ0n) is 13.1. The molecule has 24 heavy (non-hydrogen) atoms. The van der Waals surface area contributed by atoms with Gasteiger partial charge in [-0.3, -0.25) is 9.59 Å². The molecule has 124 valence electrons. The van der Waals surface area contributed by atoms with Gasteiger partial charge in [-0.2, -0.15) is 0 Å². The molecule has 6 heteroatoms. The number of amides is 2. The number of benzene rings is 2. The number of halogens is 1. The molecule has 1 heterocycles. The Morgan fingerprint density at radius 2 is 2.12 bits per heavy atom. The van der Waals surface area contributed by atoms with Gasteiger partial charge in [-0.15, -0.1) is 11.8 Å². The summed E-state index contributed by atoms with van der Waals surface area (Å²) in [5.74, 6) is -0.304. The number of hydrogen-bond donors (Lipinski definition) is 2. The molecule has 0 saturated heterocycles. The van der Waals surface area contributed by atoms with E-state index in [4.69, 9.17) is 11.6 Å². The molecule has 2 amide bonds. The van der Waals surface area contributed by atoms with Crippen LogP contribution in [0.4, 0.5) is 5.69 Å². The third-order valence-corrected chi connectivity index (χ3v) is 5.21. The van der Waals surface area contributed by atoms with Gasteiger partial charge in [0.15, 0.2) is 0 Å². The van der Waals surface area contributed by atoms with Crippen molar-refractivity contribution in [3.05, 3.63) is 58.6 Å². The van der Waals surface area contributed by atoms with Gasteiger partial charge >= 0.3 is 0 Å². The van der Waals surface area contributed by atoms with Crippen molar-refractivity contribution in [2.75, 3.05) is 5.32 Å². The van der Waals surface area contributed by atoms with Crippen molar-refractivity contribution in [1.82, 2.24) is 5.32 Å². The molecule has 0 aromatic heterocycles. The van der Waals surface area contributed by atoms with Crippen molar-refractivity contribution in [2.45, 2.75) is 30.0 Å². The average molecular weight is 361 g/mol. The molecule has 0 radical (unpaired) electrons. The topological polar surface area (TPSA) is 58.2 Å². The van der Waals surface area contributed by atoms with Gasteiger partial charge in [0.05, 0.1) is 10.9 Å². The quantitative estimate of drug-likeness (QED) is 0.872. The van der Waals surface area contributed by atoms with E-state index in [1.54, 1.807) is 12.1 Å². The monoisotopic (exact) mass is 360 g/mol. The molecule has 1 unspecified atom stereocenters. The predicted octanol–water partition coefficient (Wildman–Crippen LogP) is 3.77. The highest BCUT2D eigenvalue weighted by Gasteiger charge is 2.29. The lowest BCUT2D eigenvalue weighted by Crippen LogP contribution is -2.34. The Kier molecular flexibility index (Phi) is 5.11. The van der Waals surface area contributed by atoms with Crippen LogP contribution in [0.1, 0.15) is 17.5 Å². The minimum absolute atomic E-state index is 0.137. The van der Waals surface area contributed by atoms with Crippen molar-refractivity contribution >= 4 is 40.9 Å². The smallest absolute Gasteiger partial charge is 0.238 e. The van der Waals surface area contributed by atoms with Gasteiger partial charge in [-0.05, 0) is 30.7 Å². The Morgan fingerprint density at radius 3 is 2.92 bits per heavy atom. The van der Waals surface area contributed by atoms with Crippen LogP contribution in [0.5, 0.6) is 0 Å². The van der Waals surface area contributed by atoms with Crippen LogP contribution in [0.25, 0.3) is 0 Å². The highest BCUT2D eigenvalue weighted by atomic mass is 35.5. The molecule has 0 saturated carbocycles. The minimum atomic E-state index is -0.434. The molecule has 2 aromatic rings. The highest BCUT2D eigenvalue weighted by molar-refractivity contribution is 8.01. The van der Waals surface area contributed by atoms with Gasteiger partial charge in [0.1, 0.15) is 0 Å². The van der Waals surface area contributed by atoms with E-state index in [1.807, 2.05) is 37.3 Å². The summed E-state index contributed by atoms with van der Waals surface area (Å²) in [6.45, 7) is 2.48. The van der Waals surface area contributed by atoms with Crippen LogP contribution in [-0.2, 0) is 16.1 Å². The molecule has 1 aliphatic heterocycles. The summed E-state index contributed by atoms with van der Waals surface area (Å²) < 4.78 is 0. The first kappa shape index (κ1) is 16.9. The lowest BCUT2D eigenvalue weighted by Gasteiger charge is -2.23. The van der Waals surface area contributed by atoms with Crippen LogP contribution < -0.4 is 10.6 Å². The number of carbonyl (C=O) groups is 2. The average Bonchev–Trinajstić information content (AvgIpc) is 2.54. The van der Waals surface area contributed by atoms with Gasteiger partial charge in [0.25, 0.3) is 0 Å². The van der Waals surface area contributed by atoms with Crippen LogP contribution in [0.3, 0.4) is 0 Å². The first-order chi connectivity index (χ1) is 11.5. The van der Waals surface area contributed by atoms with Crippen molar-refractivity contribution < 1.29 is 9.59 Å². The summed E-state index contributed by atoms with van der Waals surface area (Å²) in [6.07, 6.45) is 0.143. The summed E-state index contributed by atoms with van der Waals surface area (Å²) >= 11 is 7.33. The Balaban J connectivity index is 1.58. The normalized spacial score (nSPS) is 16.2. The second-order valence-corrected chi connectivity index (χ2v) is 7.39. The molecule has 0 aliphatic carbocycles. The lowest BCUT2D eigenvalue weighted by molar-refractivity contribution is -0.124. The molecule has 0 spiro atoms. The molecule has 4 nitrogen and oxygen atoms in total.